The molecule has 2 rings (SSSR count). The number of halogens is 3. The van der Waals surface area contributed by atoms with E-state index in [-0.39, 0.29) is 11.6 Å². The lowest BCUT2D eigenvalue weighted by Crippen LogP contribution is -2.23. The molecule has 0 saturated heterocycles. The minimum absolute atomic E-state index is 0.100. The number of hydrogen-bond acceptors (Lipinski definition) is 4. The fraction of sp³-hybridized carbons (Fsp3) is 0.333. The zero-order valence-corrected chi connectivity index (χ0v) is 11.1. The van der Waals surface area contributed by atoms with Crippen LogP contribution in [0.2, 0.25) is 0 Å². The molecule has 0 aliphatic rings. The molecule has 5 nitrogen and oxygen atoms in total. The van der Waals surface area contributed by atoms with Crippen molar-refractivity contribution in [3.63, 3.8) is 0 Å². The van der Waals surface area contributed by atoms with E-state index in [4.69, 9.17) is 5.73 Å². The minimum Gasteiger partial charge on any atom is -0.368 e. The van der Waals surface area contributed by atoms with Crippen LogP contribution in [0.1, 0.15) is 13.8 Å². The fourth-order valence-electron chi connectivity index (χ4n) is 1.80. The van der Waals surface area contributed by atoms with Crippen molar-refractivity contribution < 1.29 is 13.2 Å². The van der Waals surface area contributed by atoms with Crippen molar-refractivity contribution in [3.05, 3.63) is 29.6 Å². The summed E-state index contributed by atoms with van der Waals surface area (Å²) in [6.45, 7) is 5.08. The van der Waals surface area contributed by atoms with E-state index in [1.807, 2.05) is 13.8 Å². The van der Waals surface area contributed by atoms with Crippen LogP contribution in [0.15, 0.2) is 12.1 Å². The van der Waals surface area contributed by atoms with Crippen LogP contribution >= 0.6 is 0 Å². The van der Waals surface area contributed by atoms with Gasteiger partial charge in [0.25, 0.3) is 0 Å². The van der Waals surface area contributed by atoms with Crippen molar-refractivity contribution in [3.8, 4) is 5.69 Å². The Balaban J connectivity index is 2.51. The second-order valence-electron chi connectivity index (χ2n) is 4.07. The zero-order chi connectivity index (χ0) is 14.9. The molecule has 0 atom stereocenters. The summed E-state index contributed by atoms with van der Waals surface area (Å²) in [4.78, 5) is 5.79. The first-order valence-electron chi connectivity index (χ1n) is 6.10. The normalized spacial score (nSPS) is 10.8. The van der Waals surface area contributed by atoms with Crippen molar-refractivity contribution in [2.45, 2.75) is 13.8 Å². The molecule has 0 aliphatic carbocycles. The summed E-state index contributed by atoms with van der Waals surface area (Å²) >= 11 is 0. The molecule has 0 saturated carbocycles. The van der Waals surface area contributed by atoms with Crippen LogP contribution in [0.4, 0.5) is 25.1 Å². The molecule has 2 N–H and O–H groups in total. The van der Waals surface area contributed by atoms with Crippen molar-refractivity contribution in [1.82, 2.24) is 14.8 Å². The van der Waals surface area contributed by atoms with Crippen LogP contribution in [-0.4, -0.2) is 27.9 Å². The van der Waals surface area contributed by atoms with Crippen molar-refractivity contribution in [2.75, 3.05) is 23.7 Å². The van der Waals surface area contributed by atoms with Gasteiger partial charge in [-0.25, -0.2) is 13.2 Å². The highest BCUT2D eigenvalue weighted by Crippen LogP contribution is 2.21. The Labute approximate surface area is 113 Å². The number of rotatable bonds is 4. The van der Waals surface area contributed by atoms with Gasteiger partial charge >= 0.3 is 0 Å². The van der Waals surface area contributed by atoms with Gasteiger partial charge in [0.2, 0.25) is 11.9 Å². The Kier molecular flexibility index (Phi) is 3.82. The van der Waals surface area contributed by atoms with Crippen molar-refractivity contribution in [2.24, 2.45) is 0 Å². The largest absolute Gasteiger partial charge is 0.368 e. The molecule has 20 heavy (non-hydrogen) atoms. The minimum atomic E-state index is -1.27. The Hall–Kier alpha value is -2.25. The molecule has 1 aromatic heterocycles. The van der Waals surface area contributed by atoms with Gasteiger partial charge in [-0.1, -0.05) is 0 Å². The first kappa shape index (κ1) is 14.2. The molecule has 2 aromatic rings. The van der Waals surface area contributed by atoms with Crippen molar-refractivity contribution in [1.29, 1.82) is 0 Å². The quantitative estimate of drug-likeness (QED) is 0.874. The van der Waals surface area contributed by atoms with Crippen LogP contribution < -0.4 is 10.6 Å². The Morgan fingerprint density at radius 2 is 1.70 bits per heavy atom. The molecule has 8 heteroatoms. The topological polar surface area (TPSA) is 60.0 Å². The monoisotopic (exact) mass is 285 g/mol. The van der Waals surface area contributed by atoms with Crippen LogP contribution in [-0.2, 0) is 0 Å². The third kappa shape index (κ3) is 2.40. The first-order chi connectivity index (χ1) is 9.47. The maximum atomic E-state index is 13.7. The maximum Gasteiger partial charge on any atom is 0.246 e. The molecular formula is C12H14F3N5. The molecule has 0 unspecified atom stereocenters. The molecule has 0 aliphatic heterocycles. The summed E-state index contributed by atoms with van der Waals surface area (Å²) in [5.74, 6) is -3.21. The van der Waals surface area contributed by atoms with Gasteiger partial charge in [-0.05, 0) is 13.8 Å². The summed E-state index contributed by atoms with van der Waals surface area (Å²) in [6, 6.07) is 1.14. The molecule has 1 aromatic carbocycles. The molecular weight excluding hydrogens is 271 g/mol. The number of hydrogen-bond donors (Lipinski definition) is 1. The second kappa shape index (κ2) is 5.40. The highest BCUT2D eigenvalue weighted by atomic mass is 19.2. The Morgan fingerprint density at radius 3 is 2.30 bits per heavy atom. The van der Waals surface area contributed by atoms with Gasteiger partial charge in [0.1, 0.15) is 5.69 Å². The van der Waals surface area contributed by atoms with Gasteiger partial charge in [-0.3, -0.25) is 0 Å². The van der Waals surface area contributed by atoms with Gasteiger partial charge in [0.15, 0.2) is 17.5 Å². The smallest absolute Gasteiger partial charge is 0.246 e. The Bertz CT molecular complexity index is 622. The van der Waals surface area contributed by atoms with Crippen LogP contribution in [0.5, 0.6) is 0 Å². The number of nitrogens with two attached hydrogens (primary N) is 1. The molecule has 1 heterocycles. The highest BCUT2D eigenvalue weighted by molar-refractivity contribution is 5.44. The zero-order valence-electron chi connectivity index (χ0n) is 11.1. The average Bonchev–Trinajstić information content (AvgIpc) is 2.77. The second-order valence-corrected chi connectivity index (χ2v) is 4.07. The summed E-state index contributed by atoms with van der Waals surface area (Å²) in [5.41, 5.74) is 5.37. The number of nitrogen functional groups attached to an aromatic ring is 1. The fourth-order valence-corrected chi connectivity index (χ4v) is 1.80. The van der Waals surface area contributed by atoms with E-state index in [1.54, 1.807) is 4.90 Å². The molecule has 0 bridgehead atoms. The maximum absolute atomic E-state index is 13.7. The van der Waals surface area contributed by atoms with Crippen LogP contribution in [0, 0.1) is 17.5 Å². The van der Waals surface area contributed by atoms with Crippen molar-refractivity contribution >= 4 is 11.9 Å². The lowest BCUT2D eigenvalue weighted by Gasteiger charge is -2.15. The van der Waals surface area contributed by atoms with E-state index in [0.29, 0.717) is 31.2 Å². The van der Waals surface area contributed by atoms with E-state index in [0.717, 1.165) is 4.68 Å². The predicted octanol–water partition coefficient (Wildman–Crippen LogP) is 2.11. The van der Waals surface area contributed by atoms with Crippen LogP contribution in [0.3, 0.4) is 0 Å². The number of benzene rings is 1. The lowest BCUT2D eigenvalue weighted by molar-refractivity contribution is 0.491. The molecule has 0 amide bonds. The van der Waals surface area contributed by atoms with Gasteiger partial charge < -0.3 is 10.6 Å². The Morgan fingerprint density at radius 1 is 1.10 bits per heavy atom. The van der Waals surface area contributed by atoms with Gasteiger partial charge in [-0.15, -0.1) is 5.10 Å². The first-order valence-corrected chi connectivity index (χ1v) is 6.10. The molecule has 0 radical (unpaired) electrons. The molecule has 0 fully saturated rings. The van der Waals surface area contributed by atoms with E-state index < -0.39 is 17.5 Å². The third-order valence-corrected chi connectivity index (χ3v) is 2.89. The summed E-state index contributed by atoms with van der Waals surface area (Å²) in [7, 11) is 0. The summed E-state index contributed by atoms with van der Waals surface area (Å²) in [5, 5.41) is 4.03. The third-order valence-electron chi connectivity index (χ3n) is 2.89. The molecule has 0 spiro atoms. The predicted molar refractivity (Wildman–Crippen MR) is 69.2 cm³/mol. The number of nitrogens with zero attached hydrogens (tertiary/aromatic N) is 4. The number of anilines is 2. The number of aromatic nitrogens is 3. The summed E-state index contributed by atoms with van der Waals surface area (Å²) < 4.78 is 40.8. The SMILES string of the molecule is CCN(CC)c1nc(N)n(-c2cc(F)c(F)cc2F)n1. The lowest BCUT2D eigenvalue weighted by atomic mass is 10.3. The van der Waals surface area contributed by atoms with E-state index in [1.165, 1.54) is 0 Å². The van der Waals surface area contributed by atoms with Crippen LogP contribution in [0.25, 0.3) is 5.69 Å². The summed E-state index contributed by atoms with van der Waals surface area (Å²) in [6.07, 6.45) is 0. The molecule has 108 valence electrons. The average molecular weight is 285 g/mol. The van der Waals surface area contributed by atoms with E-state index >= 15 is 0 Å². The van der Waals surface area contributed by atoms with Gasteiger partial charge in [-0.2, -0.15) is 9.67 Å². The highest BCUT2D eigenvalue weighted by Gasteiger charge is 2.18. The standard InChI is InChI=1S/C12H14F3N5/c1-3-19(4-2)12-17-11(16)20(18-12)10-6-8(14)7(13)5-9(10)15/h5-6H,3-4H2,1-2H3,(H2,16,17,18). The van der Waals surface area contributed by atoms with E-state index in [2.05, 4.69) is 10.1 Å². The van der Waals surface area contributed by atoms with E-state index in [9.17, 15) is 13.2 Å². The van der Waals surface area contributed by atoms with Gasteiger partial charge in [0, 0.05) is 25.2 Å². The van der Waals surface area contributed by atoms with Gasteiger partial charge in [0.05, 0.1) is 0 Å².